The van der Waals surface area contributed by atoms with Gasteiger partial charge in [0.15, 0.2) is 0 Å². The van der Waals surface area contributed by atoms with Crippen molar-refractivity contribution in [2.75, 3.05) is 0 Å². The van der Waals surface area contributed by atoms with Crippen LogP contribution in [-0.4, -0.2) is 15.0 Å². The van der Waals surface area contributed by atoms with Gasteiger partial charge in [-0.1, -0.05) is 24.3 Å². The number of nitrogens with zero attached hydrogens (tertiary/aromatic N) is 2. The molecule has 0 spiro atoms. The van der Waals surface area contributed by atoms with E-state index in [9.17, 15) is 0 Å². The molecule has 3 nitrogen and oxygen atoms in total. The zero-order valence-corrected chi connectivity index (χ0v) is 13.5. The molecule has 0 fully saturated rings. The first-order valence-electron chi connectivity index (χ1n) is 7.75. The van der Waals surface area contributed by atoms with Gasteiger partial charge in [-0.15, -0.1) is 11.3 Å². The van der Waals surface area contributed by atoms with Crippen LogP contribution < -0.4 is 0 Å². The molecule has 24 heavy (non-hydrogen) atoms. The Hall–Kier alpha value is -2.98. The highest BCUT2D eigenvalue weighted by atomic mass is 32.1. The Bertz CT molecular complexity index is 1160. The van der Waals surface area contributed by atoms with Crippen LogP contribution in [0, 0.1) is 0 Å². The van der Waals surface area contributed by atoms with E-state index in [-0.39, 0.29) is 0 Å². The summed E-state index contributed by atoms with van der Waals surface area (Å²) in [5.74, 6) is 0. The van der Waals surface area contributed by atoms with Gasteiger partial charge >= 0.3 is 0 Å². The summed E-state index contributed by atoms with van der Waals surface area (Å²) in [5.41, 5.74) is 5.15. The predicted molar refractivity (Wildman–Crippen MR) is 100 cm³/mol. The molecule has 4 heteroatoms. The lowest BCUT2D eigenvalue weighted by Gasteiger charge is -2.03. The summed E-state index contributed by atoms with van der Waals surface area (Å²) < 4.78 is 0. The number of aromatic amines is 1. The van der Waals surface area contributed by atoms with Crippen molar-refractivity contribution in [3.63, 3.8) is 0 Å². The number of para-hydroxylation sites is 1. The third-order valence-electron chi connectivity index (χ3n) is 4.22. The van der Waals surface area contributed by atoms with Crippen LogP contribution >= 0.6 is 11.3 Å². The van der Waals surface area contributed by atoms with E-state index in [1.165, 1.54) is 21.2 Å². The molecule has 0 bridgehead atoms. The first-order chi connectivity index (χ1) is 11.9. The summed E-state index contributed by atoms with van der Waals surface area (Å²) in [5, 5.41) is 4.48. The highest BCUT2D eigenvalue weighted by Crippen LogP contribution is 2.30. The standard InChI is InChI=1S/C20H13N3S/c1-2-5-16-14(4-1)15-11-18(22-12-19(15)23-16)17-10-13(7-8-21-17)20-6-3-9-24-20/h1-12,23H. The lowest BCUT2D eigenvalue weighted by Crippen LogP contribution is -1.87. The maximum Gasteiger partial charge on any atom is 0.0894 e. The predicted octanol–water partition coefficient (Wildman–Crippen LogP) is 5.51. The van der Waals surface area contributed by atoms with Crippen molar-refractivity contribution in [2.24, 2.45) is 0 Å². The summed E-state index contributed by atoms with van der Waals surface area (Å²) >= 11 is 1.73. The molecule has 0 atom stereocenters. The molecule has 0 radical (unpaired) electrons. The van der Waals surface area contributed by atoms with Gasteiger partial charge in [-0.05, 0) is 41.3 Å². The molecule has 5 aromatic rings. The second-order valence-corrected chi connectivity index (χ2v) is 6.64. The Morgan fingerprint density at radius 3 is 2.62 bits per heavy atom. The minimum absolute atomic E-state index is 0.894. The number of aromatic nitrogens is 3. The first kappa shape index (κ1) is 13.5. The summed E-state index contributed by atoms with van der Waals surface area (Å²) in [6.07, 6.45) is 3.75. The van der Waals surface area contributed by atoms with Crippen LogP contribution in [0.3, 0.4) is 0 Å². The van der Waals surface area contributed by atoms with Crippen molar-refractivity contribution in [1.29, 1.82) is 0 Å². The van der Waals surface area contributed by atoms with Crippen LogP contribution in [0.25, 0.3) is 43.6 Å². The van der Waals surface area contributed by atoms with Gasteiger partial charge < -0.3 is 4.98 Å². The van der Waals surface area contributed by atoms with Crippen LogP contribution in [0.1, 0.15) is 0 Å². The number of H-pyrrole nitrogens is 1. The number of benzene rings is 1. The first-order valence-corrected chi connectivity index (χ1v) is 8.63. The van der Waals surface area contributed by atoms with Crippen molar-refractivity contribution >= 4 is 33.1 Å². The molecular weight excluding hydrogens is 314 g/mol. The maximum absolute atomic E-state index is 4.60. The van der Waals surface area contributed by atoms with Crippen molar-refractivity contribution < 1.29 is 0 Å². The van der Waals surface area contributed by atoms with Crippen molar-refractivity contribution in [3.05, 3.63) is 72.4 Å². The highest BCUT2D eigenvalue weighted by Gasteiger charge is 2.09. The minimum atomic E-state index is 0.894. The van der Waals surface area contributed by atoms with Gasteiger partial charge in [0, 0.05) is 27.4 Å². The number of hydrogen-bond donors (Lipinski definition) is 1. The van der Waals surface area contributed by atoms with E-state index in [2.05, 4.69) is 62.8 Å². The molecule has 114 valence electrons. The monoisotopic (exact) mass is 327 g/mol. The quantitative estimate of drug-likeness (QED) is 0.465. The second kappa shape index (κ2) is 5.28. The summed E-state index contributed by atoms with van der Waals surface area (Å²) in [7, 11) is 0. The van der Waals surface area contributed by atoms with Crippen LogP contribution in [0.5, 0.6) is 0 Å². The zero-order chi connectivity index (χ0) is 15.9. The Balaban J connectivity index is 1.69. The molecule has 0 aliphatic heterocycles. The molecule has 0 aliphatic rings. The number of pyridine rings is 2. The van der Waals surface area contributed by atoms with Gasteiger partial charge in [-0.3, -0.25) is 9.97 Å². The Morgan fingerprint density at radius 1 is 0.792 bits per heavy atom. The fourth-order valence-electron chi connectivity index (χ4n) is 3.06. The van der Waals surface area contributed by atoms with Crippen molar-refractivity contribution in [3.8, 4) is 21.8 Å². The van der Waals surface area contributed by atoms with Gasteiger partial charge in [0.1, 0.15) is 0 Å². The van der Waals surface area contributed by atoms with Crippen LogP contribution in [0.15, 0.2) is 72.4 Å². The molecule has 1 N–H and O–H groups in total. The van der Waals surface area contributed by atoms with E-state index in [1.54, 1.807) is 11.3 Å². The number of fused-ring (bicyclic) bond motifs is 3. The molecule has 4 aromatic heterocycles. The Labute approximate surface area is 142 Å². The molecule has 0 amide bonds. The molecule has 4 heterocycles. The average Bonchev–Trinajstić information content (AvgIpc) is 3.29. The SMILES string of the molecule is c1csc(-c2ccnc(-c3cc4c(cn3)[nH]c3ccccc34)c2)c1. The molecule has 0 saturated heterocycles. The zero-order valence-electron chi connectivity index (χ0n) is 12.7. The Morgan fingerprint density at radius 2 is 1.71 bits per heavy atom. The molecule has 0 saturated carbocycles. The van der Waals surface area contributed by atoms with Gasteiger partial charge in [0.05, 0.1) is 23.1 Å². The van der Waals surface area contributed by atoms with Gasteiger partial charge in [0.25, 0.3) is 0 Å². The molecule has 0 aliphatic carbocycles. The fraction of sp³-hybridized carbons (Fsp3) is 0. The van der Waals surface area contributed by atoms with E-state index in [1.807, 2.05) is 24.5 Å². The fourth-order valence-corrected chi connectivity index (χ4v) is 3.78. The second-order valence-electron chi connectivity index (χ2n) is 5.69. The summed E-state index contributed by atoms with van der Waals surface area (Å²) in [4.78, 5) is 13.8. The van der Waals surface area contributed by atoms with Gasteiger partial charge in [-0.2, -0.15) is 0 Å². The molecule has 1 aromatic carbocycles. The lowest BCUT2D eigenvalue weighted by atomic mass is 10.1. The van der Waals surface area contributed by atoms with Gasteiger partial charge in [-0.25, -0.2) is 0 Å². The highest BCUT2D eigenvalue weighted by molar-refractivity contribution is 7.13. The van der Waals surface area contributed by atoms with Crippen LogP contribution in [0.4, 0.5) is 0 Å². The molecule has 5 rings (SSSR count). The van der Waals surface area contributed by atoms with E-state index in [0.717, 1.165) is 22.4 Å². The van der Waals surface area contributed by atoms with Crippen molar-refractivity contribution in [2.45, 2.75) is 0 Å². The topological polar surface area (TPSA) is 41.6 Å². The number of thiophene rings is 1. The molecular formula is C20H13N3S. The maximum atomic E-state index is 4.60. The van der Waals surface area contributed by atoms with Gasteiger partial charge in [0.2, 0.25) is 0 Å². The smallest absolute Gasteiger partial charge is 0.0894 e. The van der Waals surface area contributed by atoms with Crippen LogP contribution in [0.2, 0.25) is 0 Å². The largest absolute Gasteiger partial charge is 0.353 e. The van der Waals surface area contributed by atoms with E-state index in [4.69, 9.17) is 0 Å². The van der Waals surface area contributed by atoms with E-state index >= 15 is 0 Å². The van der Waals surface area contributed by atoms with Crippen LogP contribution in [-0.2, 0) is 0 Å². The molecule has 0 unspecified atom stereocenters. The normalized spacial score (nSPS) is 11.3. The van der Waals surface area contributed by atoms with E-state index < -0.39 is 0 Å². The summed E-state index contributed by atoms with van der Waals surface area (Å²) in [6, 6.07) is 18.8. The third kappa shape index (κ3) is 2.12. The number of hydrogen-bond acceptors (Lipinski definition) is 3. The Kier molecular flexibility index (Phi) is 2.96. The number of nitrogens with one attached hydrogen (secondary N) is 1. The summed E-state index contributed by atoms with van der Waals surface area (Å²) in [6.45, 7) is 0. The number of rotatable bonds is 2. The van der Waals surface area contributed by atoms with E-state index in [0.29, 0.717) is 0 Å². The lowest BCUT2D eigenvalue weighted by molar-refractivity contribution is 1.26. The third-order valence-corrected chi connectivity index (χ3v) is 5.14. The van der Waals surface area contributed by atoms with Crippen molar-refractivity contribution in [1.82, 2.24) is 15.0 Å². The average molecular weight is 327 g/mol. The minimum Gasteiger partial charge on any atom is -0.353 e.